The van der Waals surface area contributed by atoms with Crippen molar-refractivity contribution < 1.29 is 28.3 Å². The highest BCUT2D eigenvalue weighted by Crippen LogP contribution is 2.40. The summed E-state index contributed by atoms with van der Waals surface area (Å²) in [7, 11) is -4.29. The number of aliphatic hydroxyl groups is 1. The number of esters is 1. The summed E-state index contributed by atoms with van der Waals surface area (Å²) in [6, 6.07) is 5.74. The summed E-state index contributed by atoms with van der Waals surface area (Å²) in [6.45, 7) is 25.3. The minimum absolute atomic E-state index is 0.0199. The lowest BCUT2D eigenvalue weighted by Gasteiger charge is -2.44. The molecule has 0 aliphatic carbocycles. The molecular formula is C38H68BrNO6SSi2. The molecule has 0 amide bonds. The van der Waals surface area contributed by atoms with Crippen LogP contribution in [0.4, 0.5) is 0 Å². The molecule has 1 fully saturated rings. The van der Waals surface area contributed by atoms with E-state index in [0.717, 1.165) is 65.4 Å². The van der Waals surface area contributed by atoms with E-state index in [-0.39, 0.29) is 35.0 Å². The van der Waals surface area contributed by atoms with Gasteiger partial charge < -0.3 is 18.7 Å². The molecule has 282 valence electrons. The van der Waals surface area contributed by atoms with Gasteiger partial charge in [-0.05, 0) is 80.5 Å². The number of cyclic esters (lactones) is 1. The summed E-state index contributed by atoms with van der Waals surface area (Å²) in [6.07, 6.45) is 2.54. The van der Waals surface area contributed by atoms with Crippen LogP contribution < -0.4 is 0 Å². The van der Waals surface area contributed by atoms with Gasteiger partial charge in [-0.1, -0.05) is 91.6 Å². The molecule has 7 atom stereocenters. The Labute approximate surface area is 313 Å². The first-order valence-electron chi connectivity index (χ1n) is 19.0. The predicted octanol–water partition coefficient (Wildman–Crippen LogP) is 10.5. The number of hydrogen-bond donors (Lipinski definition) is 1. The van der Waals surface area contributed by atoms with Crippen LogP contribution in [0.5, 0.6) is 0 Å². The Hall–Kier alpha value is -0.696. The smallest absolute Gasteiger partial charge is 0.309 e. The minimum Gasteiger partial charge on any atom is -0.458 e. The van der Waals surface area contributed by atoms with Crippen molar-refractivity contribution in [1.29, 1.82) is 0 Å². The third kappa shape index (κ3) is 11.9. The van der Waals surface area contributed by atoms with Crippen LogP contribution in [0.3, 0.4) is 0 Å². The highest BCUT2D eigenvalue weighted by molar-refractivity contribution is 9.09. The van der Waals surface area contributed by atoms with Crippen molar-refractivity contribution in [2.75, 3.05) is 0 Å². The Bertz CT molecular complexity index is 1200. The van der Waals surface area contributed by atoms with Crippen LogP contribution in [-0.2, 0) is 23.2 Å². The second-order valence-corrected chi connectivity index (χ2v) is 26.8. The maximum absolute atomic E-state index is 14.9. The molecule has 11 heteroatoms. The molecule has 0 saturated carbocycles. The van der Waals surface area contributed by atoms with Gasteiger partial charge in [0, 0.05) is 28.0 Å². The summed E-state index contributed by atoms with van der Waals surface area (Å²) in [4.78, 5) is 33.2. The average molecular weight is 803 g/mol. The van der Waals surface area contributed by atoms with E-state index in [9.17, 15) is 14.7 Å². The molecule has 2 unspecified atom stereocenters. The molecule has 1 aliphatic rings. The monoisotopic (exact) mass is 801 g/mol. The van der Waals surface area contributed by atoms with E-state index in [1.54, 1.807) is 11.3 Å². The lowest BCUT2D eigenvalue weighted by molar-refractivity contribution is -0.153. The van der Waals surface area contributed by atoms with E-state index in [2.05, 4.69) is 69.4 Å². The second-order valence-electron chi connectivity index (χ2n) is 15.1. The molecule has 1 aromatic heterocycles. The number of rotatable bonds is 12. The zero-order valence-electron chi connectivity index (χ0n) is 32.7. The van der Waals surface area contributed by atoms with Gasteiger partial charge >= 0.3 is 5.97 Å². The largest absolute Gasteiger partial charge is 0.458 e. The maximum atomic E-state index is 14.9. The molecular weight excluding hydrogens is 735 g/mol. The Morgan fingerprint density at radius 2 is 1.57 bits per heavy atom. The molecule has 1 saturated heterocycles. The topological polar surface area (TPSA) is 95.0 Å². The highest BCUT2D eigenvalue weighted by atomic mass is 79.9. The number of alkyl halides is 1. The van der Waals surface area contributed by atoms with Crippen LogP contribution in [0.15, 0.2) is 11.0 Å². The van der Waals surface area contributed by atoms with Crippen molar-refractivity contribution in [3.05, 3.63) is 21.7 Å². The Balaban J connectivity index is 2.66. The fourth-order valence-electron chi connectivity index (χ4n) is 7.45. The normalized spacial score (nSPS) is 28.8. The van der Waals surface area contributed by atoms with Gasteiger partial charge in [0.25, 0.3) is 0 Å². The summed E-state index contributed by atoms with van der Waals surface area (Å²) in [5, 5.41) is 14.3. The van der Waals surface area contributed by atoms with E-state index in [0.29, 0.717) is 12.8 Å². The lowest BCUT2D eigenvalue weighted by atomic mass is 9.73. The van der Waals surface area contributed by atoms with Gasteiger partial charge in [-0.15, -0.1) is 11.3 Å². The summed E-state index contributed by atoms with van der Waals surface area (Å²) < 4.78 is 20.6. The summed E-state index contributed by atoms with van der Waals surface area (Å²) >= 11 is 5.35. The molecule has 49 heavy (non-hydrogen) atoms. The van der Waals surface area contributed by atoms with Crippen molar-refractivity contribution in [3.8, 4) is 0 Å². The van der Waals surface area contributed by atoms with Crippen LogP contribution in [0, 0.1) is 24.2 Å². The fraction of sp³-hybridized carbons (Fsp3) is 0.816. The Morgan fingerprint density at radius 3 is 2.08 bits per heavy atom. The lowest BCUT2D eigenvalue weighted by Crippen LogP contribution is -2.53. The van der Waals surface area contributed by atoms with Crippen LogP contribution in [0.2, 0.25) is 36.3 Å². The van der Waals surface area contributed by atoms with Gasteiger partial charge in [0.05, 0.1) is 35.4 Å². The van der Waals surface area contributed by atoms with Gasteiger partial charge in [-0.2, -0.15) is 0 Å². The summed E-state index contributed by atoms with van der Waals surface area (Å²) in [5.41, 5.74) is 0.741. The minimum atomic E-state index is -2.24. The SMILES string of the molecule is CC[Si](CC)(CC)O[C@H]1CC(=O)OC(C(C)=Cc2csc(C)n2)C[C@@H](Br)[C@H](O)CCCC(C)[C@H](O[Si](CC)(CC)CC)[C@@H](C)C(=O)C1(C)C. The van der Waals surface area contributed by atoms with Gasteiger partial charge in [-0.25, -0.2) is 4.98 Å². The Kier molecular flexibility index (Phi) is 18.1. The zero-order valence-corrected chi connectivity index (χ0v) is 37.1. The molecule has 0 spiro atoms. The number of carbonyl (C=O) groups is 2. The third-order valence-corrected chi connectivity index (χ3v) is 22.8. The number of carbonyl (C=O) groups excluding carboxylic acids is 2. The van der Waals surface area contributed by atoms with E-state index in [4.69, 9.17) is 13.6 Å². The number of thiazole rings is 1. The molecule has 0 bridgehead atoms. The van der Waals surface area contributed by atoms with Gasteiger partial charge in [0.15, 0.2) is 16.6 Å². The number of aliphatic hydroxyl groups excluding tert-OH is 1. The predicted molar refractivity (Wildman–Crippen MR) is 213 cm³/mol. The van der Waals surface area contributed by atoms with Crippen LogP contribution in [-0.4, -0.2) is 67.7 Å². The number of Topliss-reactive ketones (excluding diaryl/α,β-unsaturated/α-hetero) is 1. The van der Waals surface area contributed by atoms with E-state index in [1.807, 2.05) is 46.1 Å². The van der Waals surface area contributed by atoms with E-state index >= 15 is 0 Å². The Morgan fingerprint density at radius 1 is 1.02 bits per heavy atom. The molecule has 0 radical (unpaired) electrons. The van der Waals surface area contributed by atoms with E-state index in [1.165, 1.54) is 0 Å². The van der Waals surface area contributed by atoms with Crippen molar-refractivity contribution >= 4 is 61.7 Å². The van der Waals surface area contributed by atoms with Crippen molar-refractivity contribution in [2.45, 2.75) is 181 Å². The standard InChI is InChI=1S/C38H68BrNO6SSi2/c1-13-48(14-2,15-3)45-34-24-35(42)44-33(27(8)22-30-25-47-29(10)40-30)23-31(39)32(41)21-19-20-26(7)36(28(9)37(43)38(34,11)12)46-49(16-4,17-5)18-6/h22,25-26,28,31-34,36,41H,13-21,23-24H2,1-12H3/t26?,28-,31-,32-,33?,34+,36+/m1/s1. The van der Waals surface area contributed by atoms with Crippen LogP contribution in [0.25, 0.3) is 6.08 Å². The van der Waals surface area contributed by atoms with Gasteiger partial charge in [0.2, 0.25) is 0 Å². The van der Waals surface area contributed by atoms with E-state index < -0.39 is 46.3 Å². The number of ketones is 1. The third-order valence-electron chi connectivity index (χ3n) is 11.7. The molecule has 1 aromatic rings. The van der Waals surface area contributed by atoms with Crippen molar-refractivity contribution in [3.63, 3.8) is 0 Å². The molecule has 2 heterocycles. The second kappa shape index (κ2) is 19.9. The molecule has 1 N–H and O–H groups in total. The van der Waals surface area contributed by atoms with Crippen molar-refractivity contribution in [2.24, 2.45) is 17.3 Å². The fourth-order valence-corrected chi connectivity index (χ4v) is 14.6. The zero-order chi connectivity index (χ0) is 37.2. The van der Waals surface area contributed by atoms with Gasteiger partial charge in [-0.3, -0.25) is 9.59 Å². The van der Waals surface area contributed by atoms with Crippen LogP contribution >= 0.6 is 27.3 Å². The quantitative estimate of drug-likeness (QED) is 0.128. The first-order valence-corrected chi connectivity index (χ1v) is 25.8. The molecule has 7 nitrogen and oxygen atoms in total. The number of aryl methyl sites for hydroxylation is 1. The first kappa shape index (κ1) is 44.5. The molecule has 2 rings (SSSR count). The maximum Gasteiger partial charge on any atom is 0.309 e. The summed E-state index contributed by atoms with van der Waals surface area (Å²) in [5.74, 6) is -0.572. The van der Waals surface area contributed by atoms with Crippen molar-refractivity contribution in [1.82, 2.24) is 4.98 Å². The average Bonchev–Trinajstić information content (AvgIpc) is 3.49. The first-order chi connectivity index (χ1) is 23.0. The van der Waals surface area contributed by atoms with Crippen LogP contribution in [0.1, 0.15) is 119 Å². The number of hydrogen-bond acceptors (Lipinski definition) is 8. The number of aromatic nitrogens is 1. The number of nitrogens with zero attached hydrogens (tertiary/aromatic N) is 1. The molecule has 1 aliphatic heterocycles. The highest BCUT2D eigenvalue weighted by Gasteiger charge is 2.48. The molecule has 0 aromatic carbocycles. The number of halogens is 1. The van der Waals surface area contributed by atoms with Gasteiger partial charge in [0.1, 0.15) is 11.9 Å². The number of ether oxygens (including phenoxy) is 1.